The minimum atomic E-state index is -1.03. The molecule has 1 aliphatic rings. The Morgan fingerprint density at radius 3 is 2.64 bits per heavy atom. The lowest BCUT2D eigenvalue weighted by Gasteiger charge is -2.29. The summed E-state index contributed by atoms with van der Waals surface area (Å²) in [6.45, 7) is 6.65. The number of rotatable bonds is 4. The molecule has 0 aliphatic carbocycles. The number of aryl methyl sites for hydroxylation is 2. The third-order valence-electron chi connectivity index (χ3n) is 6.12. The number of aliphatic hydroxyl groups excluding tert-OH is 1. The first-order chi connectivity index (χ1) is 16.0. The second-order valence-electron chi connectivity index (χ2n) is 8.21. The van der Waals surface area contributed by atoms with Crippen molar-refractivity contribution < 1.29 is 14.2 Å². The Hall–Kier alpha value is -3.49. The van der Waals surface area contributed by atoms with Gasteiger partial charge in [0, 0.05) is 35.9 Å². The average Bonchev–Trinajstić information content (AvgIpc) is 2.84. The molecular formula is C25H24FN5O2. The van der Waals surface area contributed by atoms with E-state index in [2.05, 4.69) is 25.1 Å². The van der Waals surface area contributed by atoms with Gasteiger partial charge in [-0.3, -0.25) is 0 Å². The summed E-state index contributed by atoms with van der Waals surface area (Å²) in [6, 6.07) is 10.8. The van der Waals surface area contributed by atoms with Gasteiger partial charge in [0.25, 0.3) is 0 Å². The van der Waals surface area contributed by atoms with Crippen molar-refractivity contribution in [2.45, 2.75) is 20.0 Å². The first-order valence-electron chi connectivity index (χ1n) is 10.9. The predicted octanol–water partition coefficient (Wildman–Crippen LogP) is 3.76. The number of morpholine rings is 1. The number of anilines is 1. The maximum absolute atomic E-state index is 15.2. The van der Waals surface area contributed by atoms with Crippen molar-refractivity contribution >= 4 is 16.6 Å². The van der Waals surface area contributed by atoms with E-state index < -0.39 is 11.9 Å². The Morgan fingerprint density at radius 2 is 1.85 bits per heavy atom. The molecule has 4 aromatic rings. The molecule has 0 amide bonds. The number of ether oxygens (including phenoxy) is 1. The first-order valence-corrected chi connectivity index (χ1v) is 10.9. The van der Waals surface area contributed by atoms with Crippen LogP contribution in [-0.2, 0) is 4.74 Å². The molecule has 5 rings (SSSR count). The maximum atomic E-state index is 15.2. The van der Waals surface area contributed by atoms with E-state index in [9.17, 15) is 5.11 Å². The Labute approximate surface area is 190 Å². The van der Waals surface area contributed by atoms with E-state index in [4.69, 9.17) is 4.74 Å². The van der Waals surface area contributed by atoms with E-state index in [0.29, 0.717) is 41.3 Å². The molecule has 0 spiro atoms. The van der Waals surface area contributed by atoms with Gasteiger partial charge in [-0.15, -0.1) is 0 Å². The quantitative estimate of drug-likeness (QED) is 0.512. The van der Waals surface area contributed by atoms with Crippen molar-refractivity contribution in [3.8, 4) is 11.3 Å². The van der Waals surface area contributed by atoms with Crippen LogP contribution in [0.25, 0.3) is 22.2 Å². The summed E-state index contributed by atoms with van der Waals surface area (Å²) in [5.41, 5.74) is 5.02. The molecule has 168 valence electrons. The van der Waals surface area contributed by atoms with Gasteiger partial charge in [0.05, 0.1) is 30.1 Å². The molecule has 1 N–H and O–H groups in total. The Morgan fingerprint density at radius 1 is 1.03 bits per heavy atom. The van der Waals surface area contributed by atoms with E-state index in [0.717, 1.165) is 35.2 Å². The normalized spacial score (nSPS) is 15.1. The van der Waals surface area contributed by atoms with Gasteiger partial charge in [0.2, 0.25) is 0 Å². The number of benzene rings is 2. The molecule has 0 saturated carbocycles. The van der Waals surface area contributed by atoms with Gasteiger partial charge >= 0.3 is 0 Å². The highest BCUT2D eigenvalue weighted by Gasteiger charge is 2.21. The highest BCUT2D eigenvalue weighted by Crippen LogP contribution is 2.34. The lowest BCUT2D eigenvalue weighted by atomic mass is 9.94. The Kier molecular flexibility index (Phi) is 5.70. The van der Waals surface area contributed by atoms with Crippen LogP contribution in [0.4, 0.5) is 10.1 Å². The molecule has 0 bridgehead atoms. The Balaban J connectivity index is 1.59. The average molecular weight is 445 g/mol. The zero-order chi connectivity index (χ0) is 22.9. The molecule has 1 fully saturated rings. The molecule has 2 aromatic heterocycles. The van der Waals surface area contributed by atoms with Crippen molar-refractivity contribution in [3.05, 3.63) is 77.1 Å². The number of fused-ring (bicyclic) bond motifs is 1. The minimum Gasteiger partial charge on any atom is -0.382 e. The predicted molar refractivity (Wildman–Crippen MR) is 124 cm³/mol. The lowest BCUT2D eigenvalue weighted by Crippen LogP contribution is -2.36. The van der Waals surface area contributed by atoms with E-state index in [1.165, 1.54) is 12.4 Å². The van der Waals surface area contributed by atoms with Crippen molar-refractivity contribution in [1.82, 2.24) is 20.2 Å². The van der Waals surface area contributed by atoms with Crippen LogP contribution < -0.4 is 4.90 Å². The number of hydrogen-bond acceptors (Lipinski definition) is 7. The number of hydrogen-bond donors (Lipinski definition) is 1. The van der Waals surface area contributed by atoms with Crippen molar-refractivity contribution in [2.24, 2.45) is 0 Å². The summed E-state index contributed by atoms with van der Waals surface area (Å²) in [4.78, 5) is 11.1. The van der Waals surface area contributed by atoms with Crippen molar-refractivity contribution in [3.63, 3.8) is 0 Å². The van der Waals surface area contributed by atoms with Crippen LogP contribution in [0.1, 0.15) is 28.5 Å². The fourth-order valence-corrected chi connectivity index (χ4v) is 4.27. The lowest BCUT2D eigenvalue weighted by molar-refractivity contribution is 0.122. The molecular weight excluding hydrogens is 421 g/mol. The molecule has 1 unspecified atom stereocenters. The van der Waals surface area contributed by atoms with Gasteiger partial charge in [-0.2, -0.15) is 10.2 Å². The third kappa shape index (κ3) is 4.03. The maximum Gasteiger partial charge on any atom is 0.132 e. The summed E-state index contributed by atoms with van der Waals surface area (Å²) < 4.78 is 20.6. The van der Waals surface area contributed by atoms with Gasteiger partial charge in [-0.1, -0.05) is 0 Å². The van der Waals surface area contributed by atoms with Gasteiger partial charge in [-0.25, -0.2) is 14.4 Å². The summed E-state index contributed by atoms with van der Waals surface area (Å²) >= 11 is 0. The highest BCUT2D eigenvalue weighted by molar-refractivity contribution is 5.94. The largest absolute Gasteiger partial charge is 0.382 e. The second kappa shape index (κ2) is 8.80. The minimum absolute atomic E-state index is 0.308. The number of halogens is 1. The SMILES string of the molecule is Cc1cc(F)c(-c2ncnc3cc(N4CCOCC4)ccc23)cc1C(O)c1nnccc1C. The second-order valence-corrected chi connectivity index (χ2v) is 8.21. The van der Waals surface area contributed by atoms with E-state index in [1.807, 2.05) is 25.1 Å². The smallest absolute Gasteiger partial charge is 0.132 e. The van der Waals surface area contributed by atoms with Crippen molar-refractivity contribution in [1.29, 1.82) is 0 Å². The zero-order valence-electron chi connectivity index (χ0n) is 18.5. The standard InChI is InChI=1S/C25H24FN5O2/c1-15-5-6-29-30-23(15)25(32)19-13-20(21(26)11-16(19)2)24-18-4-3-17(12-22(18)27-14-28-24)31-7-9-33-10-8-31/h3-6,11-14,25,32H,7-10H2,1-2H3. The summed E-state index contributed by atoms with van der Waals surface area (Å²) in [6.07, 6.45) is 1.99. The number of aliphatic hydroxyl groups is 1. The first kappa shape index (κ1) is 21.4. The van der Waals surface area contributed by atoms with Crippen LogP contribution in [0.2, 0.25) is 0 Å². The number of nitrogens with zero attached hydrogens (tertiary/aromatic N) is 5. The van der Waals surface area contributed by atoms with E-state index >= 15 is 4.39 Å². The van der Waals surface area contributed by atoms with Gasteiger partial charge in [-0.05, 0) is 66.9 Å². The van der Waals surface area contributed by atoms with E-state index in [-0.39, 0.29) is 0 Å². The van der Waals surface area contributed by atoms with Crippen LogP contribution in [0, 0.1) is 19.7 Å². The summed E-state index contributed by atoms with van der Waals surface area (Å²) in [7, 11) is 0. The molecule has 1 aliphatic heterocycles. The molecule has 0 radical (unpaired) electrons. The molecule has 1 saturated heterocycles. The Bertz CT molecular complexity index is 1320. The number of aromatic nitrogens is 4. The fourth-order valence-electron chi connectivity index (χ4n) is 4.27. The topological polar surface area (TPSA) is 84.3 Å². The molecule has 33 heavy (non-hydrogen) atoms. The van der Waals surface area contributed by atoms with Crippen LogP contribution in [0.5, 0.6) is 0 Å². The van der Waals surface area contributed by atoms with Crippen molar-refractivity contribution in [2.75, 3.05) is 31.2 Å². The van der Waals surface area contributed by atoms with Gasteiger partial charge in [0.1, 0.15) is 18.2 Å². The van der Waals surface area contributed by atoms with Crippen LogP contribution in [0.15, 0.2) is 48.9 Å². The molecule has 1 atom stereocenters. The van der Waals surface area contributed by atoms with Crippen LogP contribution in [-0.4, -0.2) is 51.6 Å². The highest BCUT2D eigenvalue weighted by atomic mass is 19.1. The van der Waals surface area contributed by atoms with Crippen LogP contribution >= 0.6 is 0 Å². The summed E-state index contributed by atoms with van der Waals surface area (Å²) in [5, 5.41) is 19.8. The van der Waals surface area contributed by atoms with E-state index in [1.54, 1.807) is 25.3 Å². The zero-order valence-corrected chi connectivity index (χ0v) is 18.5. The monoisotopic (exact) mass is 445 g/mol. The summed E-state index contributed by atoms with van der Waals surface area (Å²) in [5.74, 6) is -0.406. The molecule has 3 heterocycles. The fraction of sp³-hybridized carbons (Fsp3) is 0.280. The molecule has 2 aromatic carbocycles. The van der Waals surface area contributed by atoms with Crippen LogP contribution in [0.3, 0.4) is 0 Å². The molecule has 8 heteroatoms. The molecule has 7 nitrogen and oxygen atoms in total. The van der Waals surface area contributed by atoms with Gasteiger partial charge in [0.15, 0.2) is 0 Å². The third-order valence-corrected chi connectivity index (χ3v) is 6.12. The van der Waals surface area contributed by atoms with Gasteiger partial charge < -0.3 is 14.7 Å².